The summed E-state index contributed by atoms with van der Waals surface area (Å²) >= 11 is 0. The van der Waals surface area contributed by atoms with Gasteiger partial charge in [-0.1, -0.05) is 32.4 Å². The summed E-state index contributed by atoms with van der Waals surface area (Å²) in [6, 6.07) is 0. The van der Waals surface area contributed by atoms with Crippen LogP contribution in [0.25, 0.3) is 0 Å². The number of hydrogen-bond acceptors (Lipinski definition) is 2. The van der Waals surface area contributed by atoms with Crippen molar-refractivity contribution in [2.75, 3.05) is 0 Å². The molecule has 4 aliphatic rings. The lowest BCUT2D eigenvalue weighted by Gasteiger charge is -2.58. The molecule has 0 aromatic rings. The van der Waals surface area contributed by atoms with E-state index in [2.05, 4.69) is 26.8 Å². The van der Waals surface area contributed by atoms with Gasteiger partial charge < -0.3 is 5.11 Å². The van der Waals surface area contributed by atoms with Crippen molar-refractivity contribution in [3.63, 3.8) is 0 Å². The highest BCUT2D eigenvalue weighted by Crippen LogP contribution is 2.65. The van der Waals surface area contributed by atoms with Crippen molar-refractivity contribution in [3.05, 3.63) is 23.8 Å². The van der Waals surface area contributed by atoms with Gasteiger partial charge in [0.1, 0.15) is 0 Å². The fourth-order valence-corrected chi connectivity index (χ4v) is 6.52. The number of aliphatic hydroxyl groups excluding tert-OH is 1. The van der Waals surface area contributed by atoms with E-state index in [1.807, 2.05) is 6.08 Å². The van der Waals surface area contributed by atoms with Gasteiger partial charge in [0.25, 0.3) is 0 Å². The Balaban J connectivity index is 1.75. The third-order valence-electron chi connectivity index (χ3n) is 7.85. The van der Waals surface area contributed by atoms with E-state index in [4.69, 9.17) is 0 Å². The lowest BCUT2D eigenvalue weighted by atomic mass is 9.46. The van der Waals surface area contributed by atoms with Crippen molar-refractivity contribution >= 4 is 5.78 Å². The van der Waals surface area contributed by atoms with E-state index in [0.29, 0.717) is 23.7 Å². The fourth-order valence-electron chi connectivity index (χ4n) is 6.52. The van der Waals surface area contributed by atoms with E-state index in [1.165, 1.54) is 18.4 Å². The van der Waals surface area contributed by atoms with Crippen LogP contribution < -0.4 is 0 Å². The molecule has 1 N–H and O–H groups in total. The average Bonchev–Trinajstić information content (AvgIpc) is 2.77. The molecule has 3 fully saturated rings. The average molecular weight is 300 g/mol. The molecular weight excluding hydrogens is 272 g/mol. The first kappa shape index (κ1) is 14.7. The van der Waals surface area contributed by atoms with Crippen LogP contribution in [0.4, 0.5) is 0 Å². The first-order valence-electron chi connectivity index (χ1n) is 8.98. The number of carbonyl (C=O) groups excluding carboxylic acids is 1. The van der Waals surface area contributed by atoms with E-state index in [-0.39, 0.29) is 22.7 Å². The topological polar surface area (TPSA) is 37.3 Å². The normalized spacial score (nSPS) is 53.5. The first-order chi connectivity index (χ1) is 10.4. The molecule has 2 heteroatoms. The molecule has 0 radical (unpaired) electrons. The maximum absolute atomic E-state index is 11.8. The highest BCUT2D eigenvalue weighted by atomic mass is 16.3. The van der Waals surface area contributed by atoms with Crippen molar-refractivity contribution in [3.8, 4) is 0 Å². The Morgan fingerprint density at radius 2 is 1.95 bits per heavy atom. The number of rotatable bonds is 0. The summed E-state index contributed by atoms with van der Waals surface area (Å²) in [5.74, 6) is 2.76. The molecule has 22 heavy (non-hydrogen) atoms. The molecule has 0 unspecified atom stereocenters. The summed E-state index contributed by atoms with van der Waals surface area (Å²) in [4.78, 5) is 11.8. The first-order valence-corrected chi connectivity index (χ1v) is 8.98. The molecule has 0 amide bonds. The van der Waals surface area contributed by atoms with Crippen molar-refractivity contribution in [2.24, 2.45) is 34.5 Å². The van der Waals surface area contributed by atoms with Gasteiger partial charge in [0.2, 0.25) is 0 Å². The van der Waals surface area contributed by atoms with Gasteiger partial charge in [-0.3, -0.25) is 4.79 Å². The molecule has 0 heterocycles. The van der Waals surface area contributed by atoms with Crippen LogP contribution in [0.5, 0.6) is 0 Å². The summed E-state index contributed by atoms with van der Waals surface area (Å²) in [5.41, 5.74) is 1.55. The zero-order valence-corrected chi connectivity index (χ0v) is 14.0. The largest absolute Gasteiger partial charge is 0.393 e. The number of fused-ring (bicyclic) bond motifs is 5. The maximum atomic E-state index is 11.8. The second-order valence-corrected chi connectivity index (χ2v) is 8.80. The minimum Gasteiger partial charge on any atom is -0.393 e. The molecule has 0 saturated heterocycles. The van der Waals surface area contributed by atoms with E-state index < -0.39 is 0 Å². The van der Waals surface area contributed by atoms with Gasteiger partial charge in [-0.25, -0.2) is 0 Å². The molecule has 4 rings (SSSR count). The number of aliphatic hydroxyl groups is 1. The van der Waals surface area contributed by atoms with Gasteiger partial charge in [0.05, 0.1) is 6.10 Å². The van der Waals surface area contributed by atoms with Gasteiger partial charge in [0, 0.05) is 5.41 Å². The Labute approximate surface area is 133 Å². The molecule has 4 aliphatic carbocycles. The second kappa shape index (κ2) is 4.56. The van der Waals surface area contributed by atoms with Gasteiger partial charge in [-0.15, -0.1) is 0 Å². The molecule has 0 aromatic heterocycles. The van der Waals surface area contributed by atoms with Crippen LogP contribution in [0.3, 0.4) is 0 Å². The van der Waals surface area contributed by atoms with E-state index >= 15 is 0 Å². The third-order valence-corrected chi connectivity index (χ3v) is 7.85. The van der Waals surface area contributed by atoms with E-state index in [9.17, 15) is 9.90 Å². The summed E-state index contributed by atoms with van der Waals surface area (Å²) in [6.07, 6.45) is 11.3. The van der Waals surface area contributed by atoms with Gasteiger partial charge >= 0.3 is 0 Å². The molecule has 7 atom stereocenters. The van der Waals surface area contributed by atoms with E-state index in [1.54, 1.807) is 6.08 Å². The van der Waals surface area contributed by atoms with Crippen LogP contribution in [0.15, 0.2) is 23.8 Å². The number of allylic oxidation sites excluding steroid dienone is 4. The Morgan fingerprint density at radius 3 is 2.73 bits per heavy atom. The highest BCUT2D eigenvalue weighted by Gasteiger charge is 2.59. The predicted molar refractivity (Wildman–Crippen MR) is 87.2 cm³/mol. The number of ketones is 1. The quantitative estimate of drug-likeness (QED) is 0.736. The van der Waals surface area contributed by atoms with Gasteiger partial charge in [0.15, 0.2) is 5.78 Å². The monoisotopic (exact) mass is 300 g/mol. The third kappa shape index (κ3) is 1.73. The van der Waals surface area contributed by atoms with Gasteiger partial charge in [-0.05, 0) is 73.3 Å². The number of carbonyl (C=O) groups is 1. The van der Waals surface area contributed by atoms with Crippen LogP contribution in [-0.4, -0.2) is 17.0 Å². The molecule has 120 valence electrons. The summed E-state index contributed by atoms with van der Waals surface area (Å²) in [7, 11) is 0. The molecule has 0 aliphatic heterocycles. The molecule has 2 nitrogen and oxygen atoms in total. The Kier molecular flexibility index (Phi) is 3.05. The molecular formula is C20H28O2. The predicted octanol–water partition coefficient (Wildman–Crippen LogP) is 3.90. The fraction of sp³-hybridized carbons (Fsp3) is 0.750. The molecule has 0 bridgehead atoms. The second-order valence-electron chi connectivity index (χ2n) is 8.80. The minimum absolute atomic E-state index is 0.0694. The highest BCUT2D eigenvalue weighted by molar-refractivity contribution is 6.01. The van der Waals surface area contributed by atoms with Crippen molar-refractivity contribution in [1.29, 1.82) is 0 Å². The van der Waals surface area contributed by atoms with Crippen LogP contribution in [0.1, 0.15) is 52.9 Å². The van der Waals surface area contributed by atoms with Crippen LogP contribution in [-0.2, 0) is 4.79 Å². The van der Waals surface area contributed by atoms with E-state index in [0.717, 1.165) is 19.3 Å². The zero-order chi connectivity index (χ0) is 15.7. The summed E-state index contributed by atoms with van der Waals surface area (Å²) in [6.45, 7) is 7.04. The SMILES string of the molecule is C[C@@H]1CC2=CC(=O)C=C[C@]2(C)[C@H]2CC[C@]3(C)[C@H](O)CC[C@H]3[C@H]12. The standard InChI is InChI=1S/C20H28O2/c1-12-10-13-11-14(21)6-8-19(13,2)16-7-9-20(3)15(18(12)16)4-5-17(20)22/h6,8,11-12,15-18,22H,4-5,7,9-10H2,1-3H3/t12-,15+,16+,17-,18+,19+,20+/m1/s1. The van der Waals surface area contributed by atoms with Crippen molar-refractivity contribution in [2.45, 2.75) is 59.0 Å². The molecule has 0 spiro atoms. The van der Waals surface area contributed by atoms with Crippen LogP contribution in [0, 0.1) is 34.5 Å². The molecule has 3 saturated carbocycles. The van der Waals surface area contributed by atoms with Crippen molar-refractivity contribution < 1.29 is 9.90 Å². The Morgan fingerprint density at radius 1 is 1.18 bits per heavy atom. The molecule has 0 aromatic carbocycles. The summed E-state index contributed by atoms with van der Waals surface area (Å²) in [5, 5.41) is 10.5. The zero-order valence-electron chi connectivity index (χ0n) is 14.0. The smallest absolute Gasteiger partial charge is 0.178 e. The number of hydrogen-bond donors (Lipinski definition) is 1. The Hall–Kier alpha value is -0.890. The van der Waals surface area contributed by atoms with Gasteiger partial charge in [-0.2, -0.15) is 0 Å². The Bertz CT molecular complexity index is 574. The maximum Gasteiger partial charge on any atom is 0.178 e. The lowest BCUT2D eigenvalue weighted by Crippen LogP contribution is -2.53. The summed E-state index contributed by atoms with van der Waals surface area (Å²) < 4.78 is 0. The minimum atomic E-state index is -0.112. The van der Waals surface area contributed by atoms with Crippen LogP contribution >= 0.6 is 0 Å². The lowest BCUT2D eigenvalue weighted by molar-refractivity contribution is -0.111. The van der Waals surface area contributed by atoms with Crippen LogP contribution in [0.2, 0.25) is 0 Å². The van der Waals surface area contributed by atoms with Crippen molar-refractivity contribution in [1.82, 2.24) is 0 Å².